The first-order valence-electron chi connectivity index (χ1n) is 9.24. The van der Waals surface area contributed by atoms with E-state index in [1.807, 2.05) is 0 Å². The van der Waals surface area contributed by atoms with Crippen LogP contribution < -0.4 is 10.2 Å². The minimum atomic E-state index is -0.605. The standard InChI is InChI=1S/C22H18FN3O5S/c1-25(22(28)31-2)15-9-7-14(8-10-15)24-21(27)17-13-16(26(29)30)11-12-19(17)32-20-6-4-3-5-18(20)23/h3-13H,1-2H3,(H,24,27). The smallest absolute Gasteiger partial charge is 0.413 e. The summed E-state index contributed by atoms with van der Waals surface area (Å²) in [5.74, 6) is -1.06. The molecule has 0 unspecified atom stereocenters. The van der Waals surface area contributed by atoms with Crippen molar-refractivity contribution in [2.24, 2.45) is 0 Å². The Hall–Kier alpha value is -3.92. The molecule has 0 aliphatic heterocycles. The molecular weight excluding hydrogens is 437 g/mol. The van der Waals surface area contributed by atoms with Crippen LogP contribution in [0.1, 0.15) is 10.4 Å². The van der Waals surface area contributed by atoms with Gasteiger partial charge in [0, 0.05) is 40.3 Å². The van der Waals surface area contributed by atoms with E-state index < -0.39 is 22.7 Å². The molecule has 164 valence electrons. The third-order valence-corrected chi connectivity index (χ3v) is 5.56. The number of nitro benzene ring substituents is 1. The van der Waals surface area contributed by atoms with Gasteiger partial charge in [0.2, 0.25) is 0 Å². The molecular formula is C22H18FN3O5S. The Morgan fingerprint density at radius 1 is 1.06 bits per heavy atom. The number of ether oxygens (including phenoxy) is 1. The van der Waals surface area contributed by atoms with E-state index >= 15 is 0 Å². The Morgan fingerprint density at radius 2 is 1.75 bits per heavy atom. The summed E-state index contributed by atoms with van der Waals surface area (Å²) in [6.45, 7) is 0. The topological polar surface area (TPSA) is 102 Å². The van der Waals surface area contributed by atoms with Crippen LogP contribution in [0, 0.1) is 15.9 Å². The fraction of sp³-hybridized carbons (Fsp3) is 0.0909. The lowest BCUT2D eigenvalue weighted by Gasteiger charge is -2.16. The Bertz CT molecular complexity index is 1170. The van der Waals surface area contributed by atoms with Gasteiger partial charge >= 0.3 is 6.09 Å². The van der Waals surface area contributed by atoms with Gasteiger partial charge in [-0.2, -0.15) is 0 Å². The number of hydrogen-bond acceptors (Lipinski definition) is 6. The normalized spacial score (nSPS) is 10.3. The second-order valence-corrected chi connectivity index (χ2v) is 7.58. The average molecular weight is 455 g/mol. The molecule has 3 rings (SSSR count). The zero-order chi connectivity index (χ0) is 23.3. The second kappa shape index (κ2) is 9.92. The van der Waals surface area contributed by atoms with Gasteiger partial charge in [-0.25, -0.2) is 9.18 Å². The van der Waals surface area contributed by atoms with Crippen LogP contribution in [-0.2, 0) is 4.74 Å². The Kier molecular flexibility index (Phi) is 7.06. The predicted octanol–water partition coefficient (Wildman–Crippen LogP) is 5.34. The molecule has 0 aromatic heterocycles. The fourth-order valence-corrected chi connectivity index (χ4v) is 3.70. The summed E-state index contributed by atoms with van der Waals surface area (Å²) in [5.41, 5.74) is 0.720. The molecule has 0 bridgehead atoms. The van der Waals surface area contributed by atoms with Crippen molar-refractivity contribution in [2.45, 2.75) is 9.79 Å². The van der Waals surface area contributed by atoms with Crippen LogP contribution in [-0.4, -0.2) is 31.1 Å². The maximum absolute atomic E-state index is 14.1. The van der Waals surface area contributed by atoms with Crippen molar-refractivity contribution in [1.29, 1.82) is 0 Å². The van der Waals surface area contributed by atoms with Crippen molar-refractivity contribution < 1.29 is 23.6 Å². The predicted molar refractivity (Wildman–Crippen MR) is 119 cm³/mol. The van der Waals surface area contributed by atoms with Gasteiger partial charge in [0.15, 0.2) is 0 Å². The Morgan fingerprint density at radius 3 is 2.38 bits per heavy atom. The number of nitrogens with one attached hydrogen (secondary N) is 1. The van der Waals surface area contributed by atoms with Gasteiger partial charge in [0.05, 0.1) is 17.6 Å². The lowest BCUT2D eigenvalue weighted by molar-refractivity contribution is -0.384. The van der Waals surface area contributed by atoms with E-state index in [9.17, 15) is 24.1 Å². The van der Waals surface area contributed by atoms with Crippen molar-refractivity contribution in [3.05, 3.63) is 88.2 Å². The average Bonchev–Trinajstić information content (AvgIpc) is 2.80. The minimum Gasteiger partial charge on any atom is -0.452 e. The lowest BCUT2D eigenvalue weighted by Crippen LogP contribution is -2.25. The third kappa shape index (κ3) is 5.22. The molecule has 32 heavy (non-hydrogen) atoms. The Balaban J connectivity index is 1.87. The number of non-ortho nitro benzene ring substituents is 1. The number of methoxy groups -OCH3 is 1. The number of nitrogens with zero attached hydrogens (tertiary/aromatic N) is 2. The molecule has 0 aliphatic rings. The van der Waals surface area contributed by atoms with Crippen LogP contribution in [0.2, 0.25) is 0 Å². The van der Waals surface area contributed by atoms with Crippen LogP contribution in [0.3, 0.4) is 0 Å². The van der Waals surface area contributed by atoms with Gasteiger partial charge < -0.3 is 10.1 Å². The van der Waals surface area contributed by atoms with Crippen LogP contribution in [0.4, 0.5) is 26.2 Å². The first-order valence-corrected chi connectivity index (χ1v) is 10.1. The summed E-state index contributed by atoms with van der Waals surface area (Å²) in [7, 11) is 2.80. The van der Waals surface area contributed by atoms with Crippen molar-refractivity contribution in [3.63, 3.8) is 0 Å². The van der Waals surface area contributed by atoms with Gasteiger partial charge in [-0.1, -0.05) is 23.9 Å². The number of anilines is 2. The molecule has 0 fully saturated rings. The van der Waals surface area contributed by atoms with Crippen LogP contribution in [0.15, 0.2) is 76.5 Å². The molecule has 0 heterocycles. The first kappa shape index (κ1) is 22.8. The highest BCUT2D eigenvalue weighted by molar-refractivity contribution is 7.99. The molecule has 0 spiro atoms. The van der Waals surface area contributed by atoms with Crippen LogP contribution in [0.5, 0.6) is 0 Å². The highest BCUT2D eigenvalue weighted by Gasteiger charge is 2.19. The highest BCUT2D eigenvalue weighted by Crippen LogP contribution is 2.34. The molecule has 0 atom stereocenters. The van der Waals surface area contributed by atoms with Gasteiger partial charge in [-0.15, -0.1) is 0 Å². The molecule has 8 nitrogen and oxygen atoms in total. The zero-order valence-corrected chi connectivity index (χ0v) is 17.9. The van der Waals surface area contributed by atoms with Gasteiger partial charge in [-0.3, -0.25) is 19.8 Å². The van der Waals surface area contributed by atoms with E-state index in [4.69, 9.17) is 0 Å². The van der Waals surface area contributed by atoms with Crippen LogP contribution in [0.25, 0.3) is 0 Å². The number of nitro groups is 1. The summed E-state index contributed by atoms with van der Waals surface area (Å²) in [5, 5.41) is 13.9. The molecule has 0 radical (unpaired) electrons. The summed E-state index contributed by atoms with van der Waals surface area (Å²) >= 11 is 0.996. The molecule has 2 amide bonds. The van der Waals surface area contributed by atoms with E-state index in [0.717, 1.165) is 17.8 Å². The fourth-order valence-electron chi connectivity index (χ4n) is 2.75. The molecule has 0 saturated heterocycles. The summed E-state index contributed by atoms with van der Waals surface area (Å²) in [6.07, 6.45) is -0.548. The zero-order valence-electron chi connectivity index (χ0n) is 17.1. The number of amides is 2. The van der Waals surface area contributed by atoms with Crippen molar-refractivity contribution in [2.75, 3.05) is 24.4 Å². The molecule has 3 aromatic rings. The second-order valence-electron chi connectivity index (χ2n) is 6.50. The number of hydrogen-bond donors (Lipinski definition) is 1. The minimum absolute atomic E-state index is 0.0307. The maximum Gasteiger partial charge on any atom is 0.413 e. The SMILES string of the molecule is COC(=O)N(C)c1ccc(NC(=O)c2cc([N+](=O)[O-])ccc2Sc2ccccc2F)cc1. The number of halogens is 1. The third-order valence-electron chi connectivity index (χ3n) is 4.44. The van der Waals surface area contributed by atoms with E-state index in [0.29, 0.717) is 16.3 Å². The number of benzene rings is 3. The monoisotopic (exact) mass is 455 g/mol. The van der Waals surface area contributed by atoms with E-state index in [1.54, 1.807) is 42.5 Å². The van der Waals surface area contributed by atoms with Gasteiger partial charge in [-0.05, 0) is 42.5 Å². The van der Waals surface area contributed by atoms with E-state index in [-0.39, 0.29) is 16.1 Å². The lowest BCUT2D eigenvalue weighted by atomic mass is 10.1. The molecule has 0 aliphatic carbocycles. The van der Waals surface area contributed by atoms with E-state index in [2.05, 4.69) is 10.1 Å². The quantitative estimate of drug-likeness (QED) is 0.398. The number of rotatable bonds is 6. The largest absolute Gasteiger partial charge is 0.452 e. The molecule has 10 heteroatoms. The maximum atomic E-state index is 14.1. The Labute approximate surface area is 187 Å². The number of carbonyl (C=O) groups excluding carboxylic acids is 2. The summed E-state index contributed by atoms with van der Waals surface area (Å²) in [6, 6.07) is 16.2. The molecule has 3 aromatic carbocycles. The van der Waals surface area contributed by atoms with Crippen LogP contribution >= 0.6 is 11.8 Å². The van der Waals surface area contributed by atoms with Crippen molar-refractivity contribution >= 4 is 40.8 Å². The van der Waals surface area contributed by atoms with Crippen molar-refractivity contribution in [3.8, 4) is 0 Å². The van der Waals surface area contributed by atoms with E-state index in [1.165, 1.54) is 37.3 Å². The van der Waals surface area contributed by atoms with Gasteiger partial charge in [0.25, 0.3) is 11.6 Å². The summed E-state index contributed by atoms with van der Waals surface area (Å²) < 4.78 is 18.7. The van der Waals surface area contributed by atoms with Crippen molar-refractivity contribution in [1.82, 2.24) is 0 Å². The van der Waals surface area contributed by atoms with Gasteiger partial charge in [0.1, 0.15) is 5.82 Å². The summed E-state index contributed by atoms with van der Waals surface area (Å²) in [4.78, 5) is 37.1. The molecule has 1 N–H and O–H groups in total. The first-order chi connectivity index (χ1) is 15.3. The molecule has 0 saturated carbocycles. The number of carbonyl (C=O) groups is 2. The highest BCUT2D eigenvalue weighted by atomic mass is 32.2.